The van der Waals surface area contributed by atoms with Gasteiger partial charge in [0.15, 0.2) is 11.5 Å². The van der Waals surface area contributed by atoms with Gasteiger partial charge in [-0.05, 0) is 49.1 Å². The maximum atomic E-state index is 4.89. The van der Waals surface area contributed by atoms with Gasteiger partial charge in [0.25, 0.3) is 0 Å². The quantitative estimate of drug-likeness (QED) is 0.496. The molecule has 0 fully saturated rings. The Morgan fingerprint density at radius 1 is 1.22 bits per heavy atom. The van der Waals surface area contributed by atoms with Gasteiger partial charge in [-0.2, -0.15) is 5.10 Å². The van der Waals surface area contributed by atoms with Crippen LogP contribution in [0.25, 0.3) is 27.4 Å². The summed E-state index contributed by atoms with van der Waals surface area (Å²) in [6.07, 6.45) is 5.27. The molecule has 0 spiro atoms. The van der Waals surface area contributed by atoms with Gasteiger partial charge < -0.3 is 0 Å². The monoisotopic (exact) mass is 380 g/mol. The van der Waals surface area contributed by atoms with Gasteiger partial charge in [-0.1, -0.05) is 20.8 Å². The van der Waals surface area contributed by atoms with Crippen LogP contribution in [0.15, 0.2) is 12.4 Å². The van der Waals surface area contributed by atoms with Crippen LogP contribution >= 0.6 is 11.3 Å². The number of hydrogen-bond acceptors (Lipinski definition) is 5. The minimum Gasteiger partial charge on any atom is -0.264 e. The first-order valence-corrected chi connectivity index (χ1v) is 10.3. The van der Waals surface area contributed by atoms with Crippen molar-refractivity contribution in [1.29, 1.82) is 0 Å². The lowest BCUT2D eigenvalue weighted by atomic mass is 9.72. The molecule has 1 aliphatic carbocycles. The highest BCUT2D eigenvalue weighted by molar-refractivity contribution is 7.19. The van der Waals surface area contributed by atoms with Crippen molar-refractivity contribution >= 4 is 27.2 Å². The van der Waals surface area contributed by atoms with Crippen molar-refractivity contribution in [2.45, 2.75) is 47.0 Å². The Balaban J connectivity index is 1.68. The Labute approximate surface area is 162 Å². The zero-order valence-electron chi connectivity index (χ0n) is 16.4. The van der Waals surface area contributed by atoms with E-state index >= 15 is 0 Å². The van der Waals surface area contributed by atoms with Gasteiger partial charge in [-0.25, -0.2) is 14.5 Å². The number of rotatable bonds is 1. The predicted molar refractivity (Wildman–Crippen MR) is 108 cm³/mol. The summed E-state index contributed by atoms with van der Waals surface area (Å²) in [6.45, 7) is 9.05. The molecule has 6 nitrogen and oxygen atoms in total. The van der Waals surface area contributed by atoms with E-state index in [0.29, 0.717) is 11.2 Å². The summed E-state index contributed by atoms with van der Waals surface area (Å²) >= 11 is 1.84. The van der Waals surface area contributed by atoms with Crippen LogP contribution in [0.3, 0.4) is 0 Å². The molecule has 0 radical (unpaired) electrons. The van der Waals surface area contributed by atoms with Crippen LogP contribution in [0, 0.1) is 18.3 Å². The summed E-state index contributed by atoms with van der Waals surface area (Å²) in [4.78, 5) is 12.2. The third-order valence-corrected chi connectivity index (χ3v) is 7.00. The van der Waals surface area contributed by atoms with Crippen LogP contribution in [0.1, 0.15) is 43.3 Å². The number of nitrogens with zero attached hydrogens (tertiary/aromatic N) is 6. The fourth-order valence-corrected chi connectivity index (χ4v) is 5.50. The minimum atomic E-state index is 0.343. The molecule has 0 aliphatic heterocycles. The van der Waals surface area contributed by atoms with E-state index in [9.17, 15) is 0 Å². The van der Waals surface area contributed by atoms with E-state index in [2.05, 4.69) is 31.0 Å². The molecule has 0 aromatic carbocycles. The van der Waals surface area contributed by atoms with E-state index in [-0.39, 0.29) is 0 Å². The molecule has 4 aromatic rings. The highest BCUT2D eigenvalue weighted by Gasteiger charge is 2.31. The van der Waals surface area contributed by atoms with Crippen LogP contribution in [0.5, 0.6) is 0 Å². The molecule has 0 N–H and O–H groups in total. The highest BCUT2D eigenvalue weighted by atomic mass is 32.1. The molecule has 4 aromatic heterocycles. The zero-order valence-corrected chi connectivity index (χ0v) is 17.3. The second-order valence-electron chi connectivity index (χ2n) is 8.73. The average Bonchev–Trinajstić information content (AvgIpc) is 3.26. The molecule has 0 saturated heterocycles. The van der Waals surface area contributed by atoms with Gasteiger partial charge in [0, 0.05) is 11.9 Å². The zero-order chi connectivity index (χ0) is 18.9. The number of aryl methyl sites for hydroxylation is 3. The van der Waals surface area contributed by atoms with Crippen molar-refractivity contribution in [2.75, 3.05) is 0 Å². The third kappa shape index (κ3) is 2.59. The van der Waals surface area contributed by atoms with E-state index in [1.165, 1.54) is 22.2 Å². The first-order valence-electron chi connectivity index (χ1n) is 9.48. The molecule has 7 heteroatoms. The largest absolute Gasteiger partial charge is 0.264 e. The Hall–Kier alpha value is -2.28. The molecule has 27 heavy (non-hydrogen) atoms. The summed E-state index contributed by atoms with van der Waals surface area (Å²) in [7, 11) is 1.93. The number of aromatic nitrogens is 6. The third-order valence-electron chi connectivity index (χ3n) is 5.84. The van der Waals surface area contributed by atoms with Crippen molar-refractivity contribution in [3.63, 3.8) is 0 Å². The first kappa shape index (κ1) is 16.9. The lowest BCUT2D eigenvalue weighted by Crippen LogP contribution is -2.26. The lowest BCUT2D eigenvalue weighted by molar-refractivity contribution is 0.218. The predicted octanol–water partition coefficient (Wildman–Crippen LogP) is 4.20. The van der Waals surface area contributed by atoms with Crippen molar-refractivity contribution < 1.29 is 0 Å². The van der Waals surface area contributed by atoms with Crippen molar-refractivity contribution in [1.82, 2.24) is 29.4 Å². The number of fused-ring (bicyclic) bond motifs is 5. The summed E-state index contributed by atoms with van der Waals surface area (Å²) in [5.41, 5.74) is 4.60. The van der Waals surface area contributed by atoms with Crippen LogP contribution in [-0.2, 0) is 19.9 Å². The van der Waals surface area contributed by atoms with E-state index in [1.54, 1.807) is 6.33 Å². The van der Waals surface area contributed by atoms with Crippen LogP contribution in [0.2, 0.25) is 0 Å². The van der Waals surface area contributed by atoms with Gasteiger partial charge in [-0.3, -0.25) is 4.68 Å². The first-order chi connectivity index (χ1) is 12.8. The van der Waals surface area contributed by atoms with Gasteiger partial charge in [0.1, 0.15) is 16.9 Å². The van der Waals surface area contributed by atoms with E-state index in [0.717, 1.165) is 40.6 Å². The maximum Gasteiger partial charge on any atom is 0.200 e. The second kappa shape index (κ2) is 5.61. The minimum absolute atomic E-state index is 0.343. The van der Waals surface area contributed by atoms with E-state index in [4.69, 9.17) is 9.97 Å². The Kier molecular flexibility index (Phi) is 3.50. The average molecular weight is 381 g/mol. The standard InChI is InChI=1S/C20H24N6S/c1-11-8-14(25(5)23-11)17-22-18-16-13-7-6-12(20(2,3)4)9-15(13)27-19(16)21-10-26(18)24-17/h8,10,12H,6-7,9H2,1-5H3/t12-/m0/s1. The Bertz CT molecular complexity index is 1170. The SMILES string of the molecule is Cc1cc(-c2nc3c4c5c(sc4ncn3n2)C[C@@H](C(C)(C)C)CC5)n(C)n1. The number of hydrogen-bond donors (Lipinski definition) is 0. The molecular weight excluding hydrogens is 356 g/mol. The molecule has 0 saturated carbocycles. The molecule has 0 unspecified atom stereocenters. The van der Waals surface area contributed by atoms with Crippen molar-refractivity contribution in [3.8, 4) is 11.5 Å². The molecule has 140 valence electrons. The van der Waals surface area contributed by atoms with Gasteiger partial charge in [0.05, 0.1) is 11.1 Å². The Morgan fingerprint density at radius 2 is 2.04 bits per heavy atom. The Morgan fingerprint density at radius 3 is 2.74 bits per heavy atom. The van der Waals surface area contributed by atoms with Crippen LogP contribution in [-0.4, -0.2) is 29.4 Å². The molecule has 0 bridgehead atoms. The van der Waals surface area contributed by atoms with E-state index in [1.807, 2.05) is 40.6 Å². The second-order valence-corrected chi connectivity index (χ2v) is 9.82. The van der Waals surface area contributed by atoms with Gasteiger partial charge in [0.2, 0.25) is 0 Å². The fraction of sp³-hybridized carbons (Fsp3) is 0.500. The summed E-state index contributed by atoms with van der Waals surface area (Å²) in [5.74, 6) is 1.43. The highest BCUT2D eigenvalue weighted by Crippen LogP contribution is 2.43. The molecule has 0 amide bonds. The lowest BCUT2D eigenvalue weighted by Gasteiger charge is -2.33. The van der Waals surface area contributed by atoms with Gasteiger partial charge >= 0.3 is 0 Å². The number of thiophene rings is 1. The van der Waals surface area contributed by atoms with E-state index < -0.39 is 0 Å². The molecule has 4 heterocycles. The van der Waals surface area contributed by atoms with Crippen molar-refractivity contribution in [3.05, 3.63) is 28.5 Å². The molecule has 5 rings (SSSR count). The summed E-state index contributed by atoms with van der Waals surface area (Å²) in [6, 6.07) is 2.02. The maximum absolute atomic E-state index is 4.89. The normalized spacial score (nSPS) is 17.7. The van der Waals surface area contributed by atoms with Crippen LogP contribution < -0.4 is 0 Å². The molecule has 1 atom stereocenters. The van der Waals surface area contributed by atoms with Gasteiger partial charge in [-0.15, -0.1) is 16.4 Å². The summed E-state index contributed by atoms with van der Waals surface area (Å²) < 4.78 is 3.66. The smallest absolute Gasteiger partial charge is 0.200 e. The van der Waals surface area contributed by atoms with Crippen molar-refractivity contribution in [2.24, 2.45) is 18.4 Å². The summed E-state index contributed by atoms with van der Waals surface area (Å²) in [5, 5.41) is 10.3. The molecular formula is C20H24N6S. The topological polar surface area (TPSA) is 60.9 Å². The molecule has 1 aliphatic rings. The van der Waals surface area contributed by atoms with Crippen LogP contribution in [0.4, 0.5) is 0 Å². The fourth-order valence-electron chi connectivity index (χ4n) is 4.24.